The van der Waals surface area contributed by atoms with Crippen LogP contribution in [0.15, 0.2) is 54.6 Å². The fourth-order valence-electron chi connectivity index (χ4n) is 4.12. The van der Waals surface area contributed by atoms with Gasteiger partial charge in [0.15, 0.2) is 5.82 Å². The molecule has 0 spiro atoms. The van der Waals surface area contributed by atoms with E-state index in [2.05, 4.69) is 38.5 Å². The molecular weight excluding hydrogens is 430 g/mol. The molecule has 1 aromatic heterocycles. The van der Waals surface area contributed by atoms with E-state index in [1.165, 1.54) is 37.9 Å². The predicted molar refractivity (Wildman–Crippen MR) is 132 cm³/mol. The number of benzene rings is 2. The number of aromatic nitrogens is 3. The van der Waals surface area contributed by atoms with Crippen LogP contribution in [0.5, 0.6) is 5.75 Å². The third-order valence-corrected chi connectivity index (χ3v) is 5.92. The summed E-state index contributed by atoms with van der Waals surface area (Å²) >= 11 is 0. The van der Waals surface area contributed by atoms with Gasteiger partial charge in [0.25, 0.3) is 0 Å². The van der Waals surface area contributed by atoms with Gasteiger partial charge in [-0.05, 0) is 49.2 Å². The number of nitrogens with one attached hydrogen (secondary N) is 1. The Morgan fingerprint density at radius 1 is 1.00 bits per heavy atom. The minimum Gasteiger partial charge on any atom is -0.491 e. The molecule has 34 heavy (non-hydrogen) atoms. The number of rotatable bonds is 12. The van der Waals surface area contributed by atoms with Crippen molar-refractivity contribution in [2.24, 2.45) is 7.05 Å². The molecule has 0 amide bonds. The summed E-state index contributed by atoms with van der Waals surface area (Å²) < 4.78 is 13.2. The quantitative estimate of drug-likeness (QED) is 0.397. The lowest BCUT2D eigenvalue weighted by atomic mass is 10.1. The Bertz CT molecular complexity index is 1000. The van der Waals surface area contributed by atoms with E-state index < -0.39 is 6.10 Å². The molecule has 1 fully saturated rings. The number of hydrogen-bond acceptors (Lipinski definition) is 7. The number of nitrogens with zero attached hydrogens (tertiary/aromatic N) is 4. The van der Waals surface area contributed by atoms with Gasteiger partial charge in [0.1, 0.15) is 18.5 Å². The third-order valence-electron chi connectivity index (χ3n) is 5.92. The van der Waals surface area contributed by atoms with Gasteiger partial charge in [-0.3, -0.25) is 4.90 Å². The Hall–Kier alpha value is -2.94. The molecule has 2 heterocycles. The number of likely N-dealkylation sites (tertiary alicyclic amines) is 1. The zero-order valence-corrected chi connectivity index (χ0v) is 19.9. The van der Waals surface area contributed by atoms with E-state index in [1.54, 1.807) is 11.7 Å². The highest BCUT2D eigenvalue weighted by Crippen LogP contribution is 2.20. The molecule has 1 unspecified atom stereocenters. The van der Waals surface area contributed by atoms with Crippen LogP contribution in [0, 0.1) is 0 Å². The van der Waals surface area contributed by atoms with Crippen LogP contribution >= 0.6 is 0 Å². The average Bonchev–Trinajstić information content (AvgIpc) is 3.24. The summed E-state index contributed by atoms with van der Waals surface area (Å²) in [6.45, 7) is 5.48. The van der Waals surface area contributed by atoms with Crippen molar-refractivity contribution in [3.8, 4) is 5.75 Å². The van der Waals surface area contributed by atoms with Crippen LogP contribution in [0.2, 0.25) is 0 Å². The van der Waals surface area contributed by atoms with Gasteiger partial charge in [0.2, 0.25) is 5.95 Å². The van der Waals surface area contributed by atoms with Crippen LogP contribution in [0.25, 0.3) is 0 Å². The summed E-state index contributed by atoms with van der Waals surface area (Å²) in [6.07, 6.45) is 3.10. The molecule has 2 N–H and O–H groups in total. The van der Waals surface area contributed by atoms with Crippen molar-refractivity contribution in [3.63, 3.8) is 0 Å². The monoisotopic (exact) mass is 465 g/mol. The highest BCUT2D eigenvalue weighted by atomic mass is 16.5. The lowest BCUT2D eigenvalue weighted by molar-refractivity contribution is 0.107. The summed E-state index contributed by atoms with van der Waals surface area (Å²) in [4.78, 5) is 6.93. The second kappa shape index (κ2) is 12.5. The molecule has 0 aliphatic carbocycles. The van der Waals surface area contributed by atoms with Crippen LogP contribution in [0.4, 0.5) is 5.95 Å². The fourth-order valence-corrected chi connectivity index (χ4v) is 4.12. The predicted octanol–water partition coefficient (Wildman–Crippen LogP) is 3.39. The van der Waals surface area contributed by atoms with Crippen LogP contribution in [-0.4, -0.2) is 64.2 Å². The molecule has 2 aromatic carbocycles. The highest BCUT2D eigenvalue weighted by Gasteiger charge is 2.17. The van der Waals surface area contributed by atoms with Gasteiger partial charge in [-0.2, -0.15) is 10.1 Å². The highest BCUT2D eigenvalue weighted by molar-refractivity contribution is 5.29. The van der Waals surface area contributed by atoms with Crippen molar-refractivity contribution in [3.05, 3.63) is 71.5 Å². The van der Waals surface area contributed by atoms with Gasteiger partial charge in [0, 0.05) is 20.1 Å². The topological polar surface area (TPSA) is 84.7 Å². The molecule has 0 saturated carbocycles. The molecule has 3 aromatic rings. The first kappa shape index (κ1) is 24.2. The molecule has 1 saturated heterocycles. The number of anilines is 1. The Morgan fingerprint density at radius 2 is 1.82 bits per heavy atom. The van der Waals surface area contributed by atoms with Crippen LogP contribution in [0.3, 0.4) is 0 Å². The van der Waals surface area contributed by atoms with E-state index in [4.69, 9.17) is 9.47 Å². The minimum atomic E-state index is -0.852. The van der Waals surface area contributed by atoms with Gasteiger partial charge in [-0.1, -0.05) is 48.9 Å². The Labute approximate surface area is 201 Å². The summed E-state index contributed by atoms with van der Waals surface area (Å²) in [5, 5.41) is 18.0. The molecule has 1 atom stereocenters. The zero-order chi connectivity index (χ0) is 23.6. The first-order valence-electron chi connectivity index (χ1n) is 12.1. The first-order valence-corrected chi connectivity index (χ1v) is 12.1. The molecule has 8 nitrogen and oxygen atoms in total. The normalized spacial score (nSPS) is 15.2. The molecule has 182 valence electrons. The van der Waals surface area contributed by atoms with Gasteiger partial charge in [-0.25, -0.2) is 4.68 Å². The Kier molecular flexibility index (Phi) is 8.90. The number of aliphatic hydroxyl groups is 1. The minimum absolute atomic E-state index is 0.369. The van der Waals surface area contributed by atoms with E-state index in [9.17, 15) is 5.11 Å². The van der Waals surface area contributed by atoms with Crippen molar-refractivity contribution in [2.75, 3.05) is 44.8 Å². The zero-order valence-electron chi connectivity index (χ0n) is 19.9. The second-order valence-corrected chi connectivity index (χ2v) is 8.60. The van der Waals surface area contributed by atoms with Crippen molar-refractivity contribution < 1.29 is 14.6 Å². The van der Waals surface area contributed by atoms with Gasteiger partial charge in [0.05, 0.1) is 13.2 Å². The Morgan fingerprint density at radius 3 is 2.65 bits per heavy atom. The summed E-state index contributed by atoms with van der Waals surface area (Å²) in [5.41, 5.74) is 2.06. The van der Waals surface area contributed by atoms with E-state index >= 15 is 0 Å². The molecule has 0 bridgehead atoms. The molecule has 1 aliphatic heterocycles. The van der Waals surface area contributed by atoms with Crippen LogP contribution in [-0.2, 0) is 18.3 Å². The lowest BCUT2D eigenvalue weighted by Crippen LogP contribution is -2.29. The molecule has 1 aliphatic rings. The molecule has 8 heteroatoms. The second-order valence-electron chi connectivity index (χ2n) is 8.60. The standard InChI is InChI=1S/C26H35N5O3/c1-30-26(28-25(29-30)24(32)22-10-4-2-5-11-22)27-13-16-33-17-18-34-23-12-8-9-21(19-23)20-31-14-6-3-7-15-31/h2,4-5,8-12,19,24,32H,3,6-7,13-18,20H2,1H3,(H,27,28,29). The maximum absolute atomic E-state index is 10.5. The van der Waals surface area contributed by atoms with Gasteiger partial charge >= 0.3 is 0 Å². The van der Waals surface area contributed by atoms with Crippen molar-refractivity contribution in [1.82, 2.24) is 19.7 Å². The van der Waals surface area contributed by atoms with Crippen molar-refractivity contribution >= 4 is 5.95 Å². The first-order chi connectivity index (χ1) is 16.7. The van der Waals surface area contributed by atoms with E-state index in [1.807, 2.05) is 36.4 Å². The van der Waals surface area contributed by atoms with Gasteiger partial charge in [-0.15, -0.1) is 0 Å². The number of hydrogen-bond donors (Lipinski definition) is 2. The Balaban J connectivity index is 1.13. The van der Waals surface area contributed by atoms with E-state index in [-0.39, 0.29) is 0 Å². The van der Waals surface area contributed by atoms with Crippen LogP contribution in [0.1, 0.15) is 42.3 Å². The number of ether oxygens (including phenoxy) is 2. The van der Waals surface area contributed by atoms with Gasteiger partial charge < -0.3 is 19.9 Å². The SMILES string of the molecule is Cn1nc(C(O)c2ccccc2)nc1NCCOCCOc1cccc(CN2CCCCC2)c1. The summed E-state index contributed by atoms with van der Waals surface area (Å²) in [6, 6.07) is 17.7. The van der Waals surface area contributed by atoms with E-state index in [0.29, 0.717) is 38.1 Å². The number of piperidine rings is 1. The summed E-state index contributed by atoms with van der Waals surface area (Å²) in [5.74, 6) is 1.85. The maximum atomic E-state index is 10.5. The van der Waals surface area contributed by atoms with Crippen molar-refractivity contribution in [1.29, 1.82) is 0 Å². The van der Waals surface area contributed by atoms with E-state index in [0.717, 1.165) is 17.9 Å². The lowest BCUT2D eigenvalue weighted by Gasteiger charge is -2.26. The molecule has 4 rings (SSSR count). The number of aliphatic hydroxyl groups excluding tert-OH is 1. The smallest absolute Gasteiger partial charge is 0.221 e. The summed E-state index contributed by atoms with van der Waals surface area (Å²) in [7, 11) is 1.80. The largest absolute Gasteiger partial charge is 0.491 e. The average molecular weight is 466 g/mol. The van der Waals surface area contributed by atoms with Crippen LogP contribution < -0.4 is 10.1 Å². The number of aryl methyl sites for hydroxylation is 1. The maximum Gasteiger partial charge on any atom is 0.221 e. The fraction of sp³-hybridized carbons (Fsp3) is 0.462. The molecular formula is C26H35N5O3. The van der Waals surface area contributed by atoms with Crippen molar-refractivity contribution in [2.45, 2.75) is 31.9 Å². The molecule has 0 radical (unpaired) electrons. The third kappa shape index (κ3) is 7.03.